The maximum absolute atomic E-state index is 6.34. The van der Waals surface area contributed by atoms with Crippen LogP contribution in [0.25, 0.3) is 0 Å². The van der Waals surface area contributed by atoms with Gasteiger partial charge in [-0.05, 0) is 62.2 Å². The molecule has 0 unspecified atom stereocenters. The van der Waals surface area contributed by atoms with Crippen LogP contribution in [0.4, 0.5) is 0 Å². The number of halogens is 1. The Morgan fingerprint density at radius 2 is 2.07 bits per heavy atom. The van der Waals surface area contributed by atoms with Crippen molar-refractivity contribution in [3.63, 3.8) is 0 Å². The molecule has 4 nitrogen and oxygen atoms in total. The monoisotopic (exact) mass is 466 g/mol. The van der Waals surface area contributed by atoms with E-state index in [1.807, 2.05) is 18.3 Å². The van der Waals surface area contributed by atoms with Crippen molar-refractivity contribution in [3.05, 3.63) is 46.4 Å². The van der Waals surface area contributed by atoms with Crippen LogP contribution >= 0.6 is 28.3 Å². The second kappa shape index (κ2) is 9.70. The molecule has 2 aromatic rings. The molecule has 0 amide bonds. The molecule has 1 atom stereocenters. The molecule has 1 saturated carbocycles. The number of rotatable bonds is 7. The zero-order chi connectivity index (χ0) is 18.6. The van der Waals surface area contributed by atoms with Gasteiger partial charge in [0.15, 0.2) is 0 Å². The van der Waals surface area contributed by atoms with Crippen LogP contribution in [0.15, 0.2) is 35.8 Å². The molecule has 1 aliphatic heterocycles. The molecule has 0 aromatic carbocycles. The van der Waals surface area contributed by atoms with E-state index in [9.17, 15) is 0 Å². The smallest absolute Gasteiger partial charge is 0.134 e. The fraction of sp³-hybridized carbons (Fsp3) is 0.591. The Morgan fingerprint density at radius 1 is 1.21 bits per heavy atom. The number of methoxy groups -OCH3 is 1. The van der Waals surface area contributed by atoms with Crippen LogP contribution in [0.2, 0.25) is 0 Å². The Bertz CT molecular complexity index is 733. The molecule has 28 heavy (non-hydrogen) atoms. The number of hydrogen-bond acceptors (Lipinski definition) is 5. The Morgan fingerprint density at radius 3 is 2.82 bits per heavy atom. The topological polar surface area (TPSA) is 43.4 Å². The Kier molecular flexibility index (Phi) is 7.54. The lowest BCUT2D eigenvalue weighted by Crippen LogP contribution is -2.47. The third-order valence-electron chi connectivity index (χ3n) is 6.36. The predicted octanol–water partition coefficient (Wildman–Crippen LogP) is 5.27. The highest BCUT2D eigenvalue weighted by molar-refractivity contribution is 8.93. The van der Waals surface area contributed by atoms with Gasteiger partial charge in [0.1, 0.15) is 5.75 Å². The summed E-state index contributed by atoms with van der Waals surface area (Å²) in [5.74, 6) is 0.989. The van der Waals surface area contributed by atoms with E-state index in [0.29, 0.717) is 0 Å². The van der Waals surface area contributed by atoms with Crippen molar-refractivity contribution >= 4 is 28.3 Å². The summed E-state index contributed by atoms with van der Waals surface area (Å²) in [4.78, 5) is 6.05. The molecule has 3 heterocycles. The predicted molar refractivity (Wildman–Crippen MR) is 120 cm³/mol. The van der Waals surface area contributed by atoms with Gasteiger partial charge in [-0.2, -0.15) is 0 Å². The number of nitrogens with zero attached hydrogens (tertiary/aromatic N) is 1. The number of nitrogens with one attached hydrogen (secondary N) is 1. The van der Waals surface area contributed by atoms with Crippen LogP contribution in [0, 0.1) is 0 Å². The summed E-state index contributed by atoms with van der Waals surface area (Å²) in [6, 6.07) is 8.41. The van der Waals surface area contributed by atoms with Gasteiger partial charge in [-0.25, -0.2) is 0 Å². The summed E-state index contributed by atoms with van der Waals surface area (Å²) >= 11 is 1.75. The molecule has 2 aromatic heterocycles. The van der Waals surface area contributed by atoms with Crippen molar-refractivity contribution in [2.45, 2.75) is 62.5 Å². The normalized spacial score (nSPS) is 23.5. The number of aromatic nitrogens is 1. The fourth-order valence-electron chi connectivity index (χ4n) is 4.97. The highest BCUT2D eigenvalue weighted by atomic mass is 79.9. The molecule has 1 aliphatic carbocycles. The van der Waals surface area contributed by atoms with E-state index in [0.717, 1.165) is 44.7 Å². The number of ether oxygens (including phenoxy) is 2. The average Bonchev–Trinajstić information content (AvgIpc) is 3.35. The molecule has 1 saturated heterocycles. The summed E-state index contributed by atoms with van der Waals surface area (Å²) in [7, 11) is 1.74. The highest BCUT2D eigenvalue weighted by Gasteiger charge is 2.48. The van der Waals surface area contributed by atoms with Crippen LogP contribution < -0.4 is 10.1 Å². The number of thiophene rings is 1. The molecule has 154 valence electrons. The first-order chi connectivity index (χ1) is 13.3. The van der Waals surface area contributed by atoms with Crippen LogP contribution in [-0.4, -0.2) is 30.8 Å². The summed E-state index contributed by atoms with van der Waals surface area (Å²) in [5, 5.41) is 5.74. The van der Waals surface area contributed by atoms with Crippen LogP contribution in [-0.2, 0) is 16.7 Å². The quantitative estimate of drug-likeness (QED) is 0.564. The first kappa shape index (κ1) is 21.8. The van der Waals surface area contributed by atoms with E-state index >= 15 is 0 Å². The first-order valence-corrected chi connectivity index (χ1v) is 11.0. The largest absolute Gasteiger partial charge is 0.496 e. The lowest BCUT2D eigenvalue weighted by atomic mass is 9.68. The first-order valence-electron chi connectivity index (χ1n) is 10.1. The lowest BCUT2D eigenvalue weighted by molar-refractivity contribution is -0.104. The van der Waals surface area contributed by atoms with E-state index in [1.165, 1.54) is 36.3 Å². The number of pyridine rings is 1. The van der Waals surface area contributed by atoms with Gasteiger partial charge in [-0.1, -0.05) is 18.9 Å². The third kappa shape index (κ3) is 4.61. The van der Waals surface area contributed by atoms with E-state index in [4.69, 9.17) is 14.5 Å². The highest BCUT2D eigenvalue weighted by Crippen LogP contribution is 2.49. The summed E-state index contributed by atoms with van der Waals surface area (Å²) in [6.07, 6.45) is 10.2. The van der Waals surface area contributed by atoms with Crippen LogP contribution in [0.3, 0.4) is 0 Å². The van der Waals surface area contributed by atoms with E-state index < -0.39 is 0 Å². The van der Waals surface area contributed by atoms with Gasteiger partial charge >= 0.3 is 0 Å². The molecule has 6 heteroatoms. The van der Waals surface area contributed by atoms with Crippen molar-refractivity contribution in [2.24, 2.45) is 0 Å². The standard InChI is InChI=1S/C22H30N2O2S.BrH/c1-25-18-7-15-27-19(18)16-23-13-10-21(20-6-2-5-12-24-20)11-14-26-22(17-21)8-3-4-9-22;/h2,5-7,12,15,23H,3-4,8-11,13-14,16-17H2,1H3;1H/t21-;/m1./s1. The fourth-order valence-corrected chi connectivity index (χ4v) is 5.77. The second-order valence-electron chi connectivity index (χ2n) is 8.00. The summed E-state index contributed by atoms with van der Waals surface area (Å²) in [5.41, 5.74) is 1.46. The maximum atomic E-state index is 6.34. The van der Waals surface area contributed by atoms with Gasteiger partial charge in [0.25, 0.3) is 0 Å². The van der Waals surface area contributed by atoms with Gasteiger partial charge < -0.3 is 14.8 Å². The number of hydrogen-bond donors (Lipinski definition) is 1. The SMILES string of the molecule is Br.COc1ccsc1CNCC[C@@]1(c2ccccn2)CCOC2(CCCC2)C1. The molecule has 2 aliphatic rings. The summed E-state index contributed by atoms with van der Waals surface area (Å²) in [6.45, 7) is 2.70. The van der Waals surface area contributed by atoms with Crippen molar-refractivity contribution in [3.8, 4) is 5.75 Å². The average molecular weight is 467 g/mol. The van der Waals surface area contributed by atoms with E-state index in [-0.39, 0.29) is 28.0 Å². The van der Waals surface area contributed by atoms with Gasteiger partial charge in [0.2, 0.25) is 0 Å². The second-order valence-corrected chi connectivity index (χ2v) is 9.00. The maximum Gasteiger partial charge on any atom is 0.134 e. The minimum atomic E-state index is 0. The Hall–Kier alpha value is -0.950. The Balaban J connectivity index is 0.00000225. The zero-order valence-corrected chi connectivity index (χ0v) is 19.1. The molecule has 2 fully saturated rings. The molecular weight excluding hydrogens is 436 g/mol. The minimum Gasteiger partial charge on any atom is -0.496 e. The van der Waals surface area contributed by atoms with Crippen molar-refractivity contribution in [2.75, 3.05) is 20.3 Å². The zero-order valence-electron chi connectivity index (χ0n) is 16.6. The van der Waals surface area contributed by atoms with Gasteiger partial charge in [-0.15, -0.1) is 28.3 Å². The molecular formula is C22H31BrN2O2S. The lowest BCUT2D eigenvalue weighted by Gasteiger charge is -2.46. The molecule has 4 rings (SSSR count). The van der Waals surface area contributed by atoms with Gasteiger partial charge in [0.05, 0.1) is 17.6 Å². The Labute approximate surface area is 182 Å². The molecule has 1 spiro atoms. The molecule has 0 bridgehead atoms. The summed E-state index contributed by atoms with van der Waals surface area (Å²) < 4.78 is 11.8. The van der Waals surface area contributed by atoms with Gasteiger partial charge in [0, 0.05) is 30.5 Å². The van der Waals surface area contributed by atoms with Crippen molar-refractivity contribution < 1.29 is 9.47 Å². The van der Waals surface area contributed by atoms with Crippen LogP contribution in [0.1, 0.15) is 55.5 Å². The minimum absolute atomic E-state index is 0. The van der Waals surface area contributed by atoms with Crippen molar-refractivity contribution in [1.82, 2.24) is 10.3 Å². The van der Waals surface area contributed by atoms with E-state index in [1.54, 1.807) is 18.4 Å². The van der Waals surface area contributed by atoms with Gasteiger partial charge in [-0.3, -0.25) is 4.98 Å². The van der Waals surface area contributed by atoms with Crippen LogP contribution in [0.5, 0.6) is 5.75 Å². The molecule has 1 N–H and O–H groups in total. The molecule has 0 radical (unpaired) electrons. The van der Waals surface area contributed by atoms with E-state index in [2.05, 4.69) is 22.8 Å². The third-order valence-corrected chi connectivity index (χ3v) is 7.26. The van der Waals surface area contributed by atoms with Crippen molar-refractivity contribution in [1.29, 1.82) is 0 Å².